The first-order valence-corrected chi connectivity index (χ1v) is 9.62. The molecule has 0 aliphatic rings. The summed E-state index contributed by atoms with van der Waals surface area (Å²) in [6.07, 6.45) is 1.60. The molecule has 32 heavy (non-hydrogen) atoms. The summed E-state index contributed by atoms with van der Waals surface area (Å²) >= 11 is 0. The number of ether oxygens (including phenoxy) is 3. The number of fused-ring (bicyclic) bond motifs is 1. The molecule has 0 atom stereocenters. The number of rotatable bonds is 7. The van der Waals surface area contributed by atoms with Gasteiger partial charge in [0.05, 0.1) is 32.6 Å². The Morgan fingerprint density at radius 1 is 1.00 bits per heavy atom. The predicted octanol–water partition coefficient (Wildman–Crippen LogP) is 3.67. The fourth-order valence-corrected chi connectivity index (χ4v) is 3.31. The van der Waals surface area contributed by atoms with Crippen LogP contribution in [0.2, 0.25) is 0 Å². The van der Waals surface area contributed by atoms with Crippen molar-refractivity contribution in [3.8, 4) is 28.5 Å². The van der Waals surface area contributed by atoms with Crippen LogP contribution >= 0.6 is 0 Å². The maximum absolute atomic E-state index is 14.1. The topological polar surface area (TPSA) is 119 Å². The molecule has 4 aromatic rings. The lowest BCUT2D eigenvalue weighted by atomic mass is 10.1. The number of aromatic nitrogens is 5. The number of benzene rings is 1. The molecule has 0 radical (unpaired) electrons. The first kappa shape index (κ1) is 21.1. The number of aryl methyl sites for hydroxylation is 1. The minimum Gasteiger partial charge on any atom is -0.493 e. The molecule has 166 valence electrons. The molecular formula is C21H22FN7O3. The molecule has 4 rings (SSSR count). The number of aromatic amines is 1. The highest BCUT2D eigenvalue weighted by molar-refractivity contribution is 5.94. The number of H-pyrrole nitrogens is 1. The summed E-state index contributed by atoms with van der Waals surface area (Å²) in [6, 6.07) is 4.89. The SMILES string of the molecule is CNc1nc(Nc2cc(OC)c(OC)c(OC)c2)ncc1-c1n[nH]c2nc(C)c(F)cc12. The zero-order valence-corrected chi connectivity index (χ0v) is 18.2. The van der Waals surface area contributed by atoms with Gasteiger partial charge in [0.25, 0.3) is 0 Å². The molecule has 0 saturated carbocycles. The fraction of sp³-hybridized carbons (Fsp3) is 0.238. The Bertz CT molecular complexity index is 1270. The van der Waals surface area contributed by atoms with E-state index in [9.17, 15) is 4.39 Å². The smallest absolute Gasteiger partial charge is 0.229 e. The van der Waals surface area contributed by atoms with E-state index in [4.69, 9.17) is 14.2 Å². The van der Waals surface area contributed by atoms with Crippen LogP contribution in [0.25, 0.3) is 22.3 Å². The van der Waals surface area contributed by atoms with Crippen molar-refractivity contribution in [3.63, 3.8) is 0 Å². The number of hydrogen-bond acceptors (Lipinski definition) is 9. The van der Waals surface area contributed by atoms with Crippen molar-refractivity contribution >= 4 is 28.5 Å². The molecule has 3 aromatic heterocycles. The van der Waals surface area contributed by atoms with E-state index in [1.165, 1.54) is 13.2 Å². The van der Waals surface area contributed by atoms with Gasteiger partial charge < -0.3 is 24.8 Å². The van der Waals surface area contributed by atoms with Gasteiger partial charge in [-0.15, -0.1) is 0 Å². The molecule has 10 nitrogen and oxygen atoms in total. The van der Waals surface area contributed by atoms with Crippen LogP contribution in [-0.2, 0) is 0 Å². The van der Waals surface area contributed by atoms with Gasteiger partial charge in [-0.3, -0.25) is 5.10 Å². The number of nitrogens with zero attached hydrogens (tertiary/aromatic N) is 4. The van der Waals surface area contributed by atoms with E-state index >= 15 is 0 Å². The molecule has 0 bridgehead atoms. The van der Waals surface area contributed by atoms with Gasteiger partial charge in [-0.25, -0.2) is 14.4 Å². The summed E-state index contributed by atoms with van der Waals surface area (Å²) in [7, 11) is 6.35. The molecule has 0 fully saturated rings. The van der Waals surface area contributed by atoms with Gasteiger partial charge in [0.2, 0.25) is 11.7 Å². The molecular weight excluding hydrogens is 417 g/mol. The lowest BCUT2D eigenvalue weighted by Gasteiger charge is -2.15. The third-order valence-corrected chi connectivity index (χ3v) is 4.88. The van der Waals surface area contributed by atoms with E-state index in [1.807, 2.05) is 0 Å². The Labute approximate surface area is 183 Å². The maximum atomic E-state index is 14.1. The number of hydrogen-bond donors (Lipinski definition) is 3. The van der Waals surface area contributed by atoms with Crippen LogP contribution in [0.1, 0.15) is 5.69 Å². The van der Waals surface area contributed by atoms with Gasteiger partial charge in [0, 0.05) is 36.5 Å². The van der Waals surface area contributed by atoms with Crippen LogP contribution in [0.4, 0.5) is 21.8 Å². The molecule has 1 aromatic carbocycles. The van der Waals surface area contributed by atoms with Crippen molar-refractivity contribution in [2.75, 3.05) is 39.0 Å². The Kier molecular flexibility index (Phi) is 5.63. The summed E-state index contributed by atoms with van der Waals surface area (Å²) in [5.74, 6) is 1.89. The molecule has 0 aliphatic heterocycles. The van der Waals surface area contributed by atoms with Gasteiger partial charge in [-0.2, -0.15) is 10.1 Å². The fourth-order valence-electron chi connectivity index (χ4n) is 3.31. The van der Waals surface area contributed by atoms with Crippen LogP contribution in [0.15, 0.2) is 24.4 Å². The standard InChI is InChI=1S/C21H22FN7O3/c1-10-14(22)8-12-17(28-29-20(12)25-10)13-9-24-21(27-19(13)23-2)26-11-6-15(30-3)18(32-5)16(7-11)31-4/h6-9H,1-5H3,(H,25,28,29)(H2,23,24,26,27). The number of nitrogens with one attached hydrogen (secondary N) is 3. The maximum Gasteiger partial charge on any atom is 0.229 e. The Morgan fingerprint density at radius 3 is 2.34 bits per heavy atom. The Hall–Kier alpha value is -4.15. The summed E-state index contributed by atoms with van der Waals surface area (Å²) in [5.41, 5.74) is 2.51. The second-order valence-corrected chi connectivity index (χ2v) is 6.77. The van der Waals surface area contributed by atoms with Crippen molar-refractivity contribution in [2.24, 2.45) is 0 Å². The zero-order valence-electron chi connectivity index (χ0n) is 18.2. The predicted molar refractivity (Wildman–Crippen MR) is 119 cm³/mol. The average Bonchev–Trinajstić information content (AvgIpc) is 3.20. The second kappa shape index (κ2) is 8.53. The number of pyridine rings is 1. The van der Waals surface area contributed by atoms with Crippen LogP contribution in [0.3, 0.4) is 0 Å². The monoisotopic (exact) mass is 439 g/mol. The lowest BCUT2D eigenvalue weighted by molar-refractivity contribution is 0.324. The molecule has 0 saturated heterocycles. The minimum absolute atomic E-state index is 0.294. The molecule has 0 amide bonds. The minimum atomic E-state index is -0.409. The first-order chi connectivity index (χ1) is 15.5. The van der Waals surface area contributed by atoms with E-state index in [2.05, 4.69) is 35.8 Å². The summed E-state index contributed by atoms with van der Waals surface area (Å²) in [6.45, 7) is 1.60. The second-order valence-electron chi connectivity index (χ2n) is 6.77. The molecule has 0 unspecified atom stereocenters. The molecule has 3 N–H and O–H groups in total. The first-order valence-electron chi connectivity index (χ1n) is 9.62. The summed E-state index contributed by atoms with van der Waals surface area (Å²) < 4.78 is 30.2. The van der Waals surface area contributed by atoms with E-state index in [0.717, 1.165) is 0 Å². The van der Waals surface area contributed by atoms with Crippen molar-refractivity contribution < 1.29 is 18.6 Å². The van der Waals surface area contributed by atoms with E-state index in [-0.39, 0.29) is 0 Å². The highest BCUT2D eigenvalue weighted by Gasteiger charge is 2.18. The van der Waals surface area contributed by atoms with Crippen LogP contribution in [0, 0.1) is 12.7 Å². The molecule has 3 heterocycles. The zero-order chi connectivity index (χ0) is 22.8. The summed E-state index contributed by atoms with van der Waals surface area (Å²) in [4.78, 5) is 13.1. The van der Waals surface area contributed by atoms with E-state index in [0.29, 0.717) is 62.7 Å². The van der Waals surface area contributed by atoms with E-state index in [1.54, 1.807) is 46.5 Å². The van der Waals surface area contributed by atoms with Gasteiger partial charge >= 0.3 is 0 Å². The number of halogens is 1. The van der Waals surface area contributed by atoms with Crippen LogP contribution in [-0.4, -0.2) is 53.5 Å². The summed E-state index contributed by atoms with van der Waals surface area (Å²) in [5, 5.41) is 13.8. The van der Waals surface area contributed by atoms with Crippen molar-refractivity contribution in [2.45, 2.75) is 6.92 Å². The van der Waals surface area contributed by atoms with Gasteiger partial charge in [-0.1, -0.05) is 0 Å². The van der Waals surface area contributed by atoms with E-state index < -0.39 is 5.82 Å². The largest absolute Gasteiger partial charge is 0.493 e. The molecule has 0 aliphatic carbocycles. The third kappa shape index (κ3) is 3.68. The molecule has 0 spiro atoms. The van der Waals surface area contributed by atoms with Crippen LogP contribution in [0.5, 0.6) is 17.2 Å². The lowest BCUT2D eigenvalue weighted by Crippen LogP contribution is -2.04. The van der Waals surface area contributed by atoms with Crippen molar-refractivity contribution in [1.82, 2.24) is 25.1 Å². The van der Waals surface area contributed by atoms with Gasteiger partial charge in [-0.05, 0) is 13.0 Å². The third-order valence-electron chi connectivity index (χ3n) is 4.88. The molecule has 11 heteroatoms. The Morgan fingerprint density at radius 2 is 1.72 bits per heavy atom. The highest BCUT2D eigenvalue weighted by atomic mass is 19.1. The number of anilines is 3. The Balaban J connectivity index is 1.72. The average molecular weight is 439 g/mol. The van der Waals surface area contributed by atoms with Crippen molar-refractivity contribution in [1.29, 1.82) is 0 Å². The van der Waals surface area contributed by atoms with Crippen LogP contribution < -0.4 is 24.8 Å². The van der Waals surface area contributed by atoms with Crippen molar-refractivity contribution in [3.05, 3.63) is 35.9 Å². The van der Waals surface area contributed by atoms with Gasteiger partial charge in [0.15, 0.2) is 17.1 Å². The normalized spacial score (nSPS) is 10.8. The van der Waals surface area contributed by atoms with Gasteiger partial charge in [0.1, 0.15) is 17.3 Å². The highest BCUT2D eigenvalue weighted by Crippen LogP contribution is 2.40. The quantitative estimate of drug-likeness (QED) is 0.396. The number of methoxy groups -OCH3 is 3.